The van der Waals surface area contributed by atoms with E-state index in [-0.39, 0.29) is 11.5 Å². The molecule has 5 rings (SSSR count). The first-order valence-electron chi connectivity index (χ1n) is 14.8. The zero-order chi connectivity index (χ0) is 33.0. The average molecular weight is 634 g/mol. The zero-order valence-electron chi connectivity index (χ0n) is 25.6. The third kappa shape index (κ3) is 7.80. The summed E-state index contributed by atoms with van der Waals surface area (Å²) in [6.07, 6.45) is -3.73. The first-order chi connectivity index (χ1) is 21.9. The highest BCUT2D eigenvalue weighted by Crippen LogP contribution is 2.49. The lowest BCUT2D eigenvalue weighted by molar-refractivity contribution is -0.139. The molecule has 0 heterocycles. The number of carboxylic acid groups (broad SMARTS) is 1. The number of aryl methyl sites for hydroxylation is 2. The maximum atomic E-state index is 13.8. The fourth-order valence-electron chi connectivity index (χ4n) is 5.46. The predicted molar refractivity (Wildman–Crippen MR) is 167 cm³/mol. The standard InChI is InChI=1S/C36H34F3NO6/c1-21-16-28(45-15-14-23-4-11-27(12-5-23)46-20-24-6-9-26(44-3)10-7-24)17-22(2)33(21)34(41)40-32-18-25(29-19-30(29)35(42)43)8-13-31(32)36(37,38)39/h4-13,16-18,29-30H,14-15,19-20H2,1-3H3,(H,40,41)(H,42,43)/t29-,30-/m1/s1. The summed E-state index contributed by atoms with van der Waals surface area (Å²) in [5.74, 6) is -0.635. The van der Waals surface area contributed by atoms with Crippen LogP contribution in [-0.4, -0.2) is 30.7 Å². The van der Waals surface area contributed by atoms with Crippen molar-refractivity contribution in [1.82, 2.24) is 0 Å². The minimum atomic E-state index is -4.71. The van der Waals surface area contributed by atoms with Gasteiger partial charge in [0.25, 0.3) is 5.91 Å². The van der Waals surface area contributed by atoms with Crippen LogP contribution < -0.4 is 19.5 Å². The Bertz CT molecular complexity index is 1690. The van der Waals surface area contributed by atoms with Crippen LogP contribution in [-0.2, 0) is 24.0 Å². The maximum Gasteiger partial charge on any atom is 0.418 e. The van der Waals surface area contributed by atoms with Gasteiger partial charge in [-0.2, -0.15) is 13.2 Å². The molecule has 0 bridgehead atoms. The molecule has 1 fully saturated rings. The molecule has 46 heavy (non-hydrogen) atoms. The molecule has 0 spiro atoms. The number of benzene rings is 4. The molecule has 10 heteroatoms. The van der Waals surface area contributed by atoms with Gasteiger partial charge in [0.2, 0.25) is 0 Å². The SMILES string of the molecule is COc1ccc(COc2ccc(CCOc3cc(C)c(C(=O)Nc4cc([C@H]5C[C@H]5C(=O)O)ccc4C(F)(F)F)c(C)c3)cc2)cc1. The Morgan fingerprint density at radius 2 is 1.48 bits per heavy atom. The first kappa shape index (κ1) is 32.4. The van der Waals surface area contributed by atoms with Crippen molar-refractivity contribution >= 4 is 17.6 Å². The fourth-order valence-corrected chi connectivity index (χ4v) is 5.46. The predicted octanol–water partition coefficient (Wildman–Crippen LogP) is 7.97. The number of aliphatic carboxylic acids is 1. The van der Waals surface area contributed by atoms with Crippen LogP contribution in [0, 0.1) is 19.8 Å². The van der Waals surface area contributed by atoms with Gasteiger partial charge >= 0.3 is 12.1 Å². The molecule has 0 aliphatic heterocycles. The van der Waals surface area contributed by atoms with E-state index >= 15 is 0 Å². The van der Waals surface area contributed by atoms with E-state index in [1.165, 1.54) is 12.1 Å². The molecule has 0 saturated heterocycles. The van der Waals surface area contributed by atoms with Crippen molar-refractivity contribution in [2.24, 2.45) is 5.92 Å². The highest BCUT2D eigenvalue weighted by atomic mass is 19.4. The van der Waals surface area contributed by atoms with E-state index in [2.05, 4.69) is 5.32 Å². The minimum absolute atomic E-state index is 0.242. The summed E-state index contributed by atoms with van der Waals surface area (Å²) in [5.41, 5.74) is 2.45. The van der Waals surface area contributed by atoms with Gasteiger partial charge in [-0.25, -0.2) is 0 Å². The number of halogens is 3. The Morgan fingerprint density at radius 1 is 0.848 bits per heavy atom. The van der Waals surface area contributed by atoms with E-state index in [1.54, 1.807) is 33.1 Å². The quantitative estimate of drug-likeness (QED) is 0.164. The van der Waals surface area contributed by atoms with Crippen molar-refractivity contribution in [2.75, 3.05) is 19.0 Å². The van der Waals surface area contributed by atoms with Crippen molar-refractivity contribution < 1.29 is 42.1 Å². The third-order valence-corrected chi connectivity index (χ3v) is 8.01. The second kappa shape index (κ2) is 13.6. The fraction of sp³-hybridized carbons (Fsp3) is 0.278. The van der Waals surface area contributed by atoms with Crippen molar-refractivity contribution in [1.29, 1.82) is 0 Å². The lowest BCUT2D eigenvalue weighted by atomic mass is 10.00. The number of ether oxygens (including phenoxy) is 3. The highest BCUT2D eigenvalue weighted by molar-refractivity contribution is 6.07. The Kier molecular flexibility index (Phi) is 9.55. The summed E-state index contributed by atoms with van der Waals surface area (Å²) >= 11 is 0. The van der Waals surface area contributed by atoms with Crippen molar-refractivity contribution in [3.05, 3.63) is 118 Å². The summed E-state index contributed by atoms with van der Waals surface area (Å²) in [7, 11) is 1.62. The van der Waals surface area contributed by atoms with E-state index in [0.29, 0.717) is 48.5 Å². The van der Waals surface area contributed by atoms with Crippen molar-refractivity contribution in [2.45, 2.75) is 45.4 Å². The summed E-state index contributed by atoms with van der Waals surface area (Å²) < 4.78 is 58.3. The Morgan fingerprint density at radius 3 is 2.07 bits per heavy atom. The van der Waals surface area contributed by atoms with Gasteiger partial charge in [0.05, 0.1) is 30.9 Å². The first-order valence-corrected chi connectivity index (χ1v) is 14.8. The van der Waals surface area contributed by atoms with Crippen LogP contribution in [0.3, 0.4) is 0 Å². The molecule has 1 amide bonds. The molecule has 1 aliphatic carbocycles. The van der Waals surface area contributed by atoms with Gasteiger partial charge in [0, 0.05) is 12.0 Å². The van der Waals surface area contributed by atoms with Crippen LogP contribution in [0.15, 0.2) is 78.9 Å². The van der Waals surface area contributed by atoms with Gasteiger partial charge in [-0.05, 0) is 103 Å². The molecule has 1 saturated carbocycles. The summed E-state index contributed by atoms with van der Waals surface area (Å²) in [6, 6.07) is 22.2. The largest absolute Gasteiger partial charge is 0.497 e. The highest BCUT2D eigenvalue weighted by Gasteiger charge is 2.45. The molecular formula is C36H34F3NO6. The van der Waals surface area contributed by atoms with E-state index in [1.807, 2.05) is 48.5 Å². The van der Waals surface area contributed by atoms with E-state index in [0.717, 1.165) is 28.7 Å². The van der Waals surface area contributed by atoms with Crippen LogP contribution in [0.2, 0.25) is 0 Å². The number of alkyl halides is 3. The van der Waals surface area contributed by atoms with Gasteiger partial charge in [-0.3, -0.25) is 9.59 Å². The van der Waals surface area contributed by atoms with E-state index in [4.69, 9.17) is 14.2 Å². The topological polar surface area (TPSA) is 94.1 Å². The van der Waals surface area contributed by atoms with Crippen LogP contribution in [0.25, 0.3) is 0 Å². The second-order valence-corrected chi connectivity index (χ2v) is 11.4. The number of rotatable bonds is 12. The smallest absolute Gasteiger partial charge is 0.418 e. The van der Waals surface area contributed by atoms with Gasteiger partial charge in [0.15, 0.2) is 0 Å². The molecule has 0 radical (unpaired) electrons. The van der Waals surface area contributed by atoms with Gasteiger partial charge in [-0.1, -0.05) is 30.3 Å². The van der Waals surface area contributed by atoms with Gasteiger partial charge in [0.1, 0.15) is 23.9 Å². The molecule has 0 aromatic heterocycles. The molecule has 0 unspecified atom stereocenters. The van der Waals surface area contributed by atoms with E-state index < -0.39 is 35.2 Å². The molecule has 2 N–H and O–H groups in total. The molecule has 4 aromatic rings. The van der Waals surface area contributed by atoms with Gasteiger partial charge < -0.3 is 24.6 Å². The molecule has 2 atom stereocenters. The number of methoxy groups -OCH3 is 1. The maximum absolute atomic E-state index is 13.8. The minimum Gasteiger partial charge on any atom is -0.497 e. The lowest BCUT2D eigenvalue weighted by Gasteiger charge is -2.17. The number of carbonyl (C=O) groups excluding carboxylic acids is 1. The molecular weight excluding hydrogens is 599 g/mol. The number of hydrogen-bond donors (Lipinski definition) is 2. The number of carboxylic acids is 1. The van der Waals surface area contributed by atoms with Gasteiger partial charge in [-0.15, -0.1) is 0 Å². The number of hydrogen-bond acceptors (Lipinski definition) is 5. The lowest BCUT2D eigenvalue weighted by Crippen LogP contribution is -2.19. The molecule has 7 nitrogen and oxygen atoms in total. The Balaban J connectivity index is 1.18. The Labute approximate surface area is 264 Å². The summed E-state index contributed by atoms with van der Waals surface area (Å²) in [6.45, 7) is 4.20. The molecule has 4 aromatic carbocycles. The van der Waals surface area contributed by atoms with Crippen molar-refractivity contribution in [3.8, 4) is 17.2 Å². The van der Waals surface area contributed by atoms with E-state index in [9.17, 15) is 27.9 Å². The second-order valence-electron chi connectivity index (χ2n) is 11.4. The summed E-state index contributed by atoms with van der Waals surface area (Å²) in [4.78, 5) is 24.5. The Hall–Kier alpha value is -4.99. The monoisotopic (exact) mass is 633 g/mol. The third-order valence-electron chi connectivity index (χ3n) is 8.01. The number of anilines is 1. The van der Waals surface area contributed by atoms with Crippen LogP contribution in [0.4, 0.5) is 18.9 Å². The van der Waals surface area contributed by atoms with Crippen LogP contribution in [0.1, 0.15) is 56.1 Å². The number of amides is 1. The number of nitrogens with one attached hydrogen (secondary N) is 1. The normalized spacial score (nSPS) is 15.6. The molecule has 1 aliphatic rings. The number of carbonyl (C=O) groups is 2. The van der Waals surface area contributed by atoms with Crippen LogP contribution in [0.5, 0.6) is 17.2 Å². The van der Waals surface area contributed by atoms with Crippen LogP contribution >= 0.6 is 0 Å². The average Bonchev–Trinajstić information content (AvgIpc) is 3.82. The zero-order valence-corrected chi connectivity index (χ0v) is 25.6. The van der Waals surface area contributed by atoms with Crippen molar-refractivity contribution in [3.63, 3.8) is 0 Å². The summed E-state index contributed by atoms with van der Waals surface area (Å²) in [5, 5.41) is 11.7. The molecule has 240 valence electrons.